The van der Waals surface area contributed by atoms with Crippen molar-refractivity contribution in [1.82, 2.24) is 0 Å². The Labute approximate surface area is 203 Å². The van der Waals surface area contributed by atoms with Crippen LogP contribution in [0.1, 0.15) is 104 Å². The number of allylic oxidation sites excluding steroid dienone is 7. The molecule has 1 aromatic carbocycles. The van der Waals surface area contributed by atoms with Gasteiger partial charge in [0.2, 0.25) is 0 Å². The standard InChI is InChI=1S/C31H46O2/c1-6-7-8-9-10-11-12-13-14-15-16-17-18-19-20-21-22-27(2)30(32)33-29-25-23-28(24-26-29)31(3,4)5/h10-11,18-26H,6-9,12-17H2,1-5H3/b11-10?,19-18?,21-20-,27-22-. The van der Waals surface area contributed by atoms with E-state index >= 15 is 0 Å². The second kappa shape index (κ2) is 17.2. The van der Waals surface area contributed by atoms with Crippen LogP contribution in [0.4, 0.5) is 0 Å². The van der Waals surface area contributed by atoms with E-state index in [0.717, 1.165) is 6.42 Å². The number of hydrogen-bond donors (Lipinski definition) is 0. The third-order valence-corrected chi connectivity index (χ3v) is 5.59. The van der Waals surface area contributed by atoms with Crippen molar-refractivity contribution < 1.29 is 9.53 Å². The van der Waals surface area contributed by atoms with Crippen molar-refractivity contribution in [2.24, 2.45) is 0 Å². The molecule has 0 aliphatic carbocycles. The molecular weight excluding hydrogens is 404 g/mol. The van der Waals surface area contributed by atoms with Crippen LogP contribution in [-0.2, 0) is 10.2 Å². The van der Waals surface area contributed by atoms with E-state index in [1.165, 1.54) is 63.4 Å². The summed E-state index contributed by atoms with van der Waals surface area (Å²) in [5, 5.41) is 0. The van der Waals surface area contributed by atoms with Gasteiger partial charge in [-0.25, -0.2) is 4.79 Å². The maximum absolute atomic E-state index is 12.2. The minimum absolute atomic E-state index is 0.0848. The van der Waals surface area contributed by atoms with Crippen molar-refractivity contribution in [3.05, 3.63) is 77.9 Å². The van der Waals surface area contributed by atoms with Gasteiger partial charge in [0.25, 0.3) is 0 Å². The largest absolute Gasteiger partial charge is 0.423 e. The predicted octanol–water partition coefficient (Wildman–Crippen LogP) is 9.43. The van der Waals surface area contributed by atoms with E-state index in [9.17, 15) is 4.79 Å². The zero-order valence-electron chi connectivity index (χ0n) is 21.7. The molecule has 33 heavy (non-hydrogen) atoms. The van der Waals surface area contributed by atoms with Gasteiger partial charge in [-0.05, 0) is 68.6 Å². The summed E-state index contributed by atoms with van der Waals surface area (Å²) in [6.45, 7) is 10.5. The molecule has 0 unspecified atom stereocenters. The molecule has 0 N–H and O–H groups in total. The highest BCUT2D eigenvalue weighted by Gasteiger charge is 2.14. The van der Waals surface area contributed by atoms with Gasteiger partial charge in [0, 0.05) is 5.57 Å². The summed E-state index contributed by atoms with van der Waals surface area (Å²) in [6, 6.07) is 7.74. The first-order valence-corrected chi connectivity index (χ1v) is 12.8. The fourth-order valence-electron chi connectivity index (χ4n) is 3.34. The molecule has 0 heterocycles. The molecule has 1 aromatic rings. The Morgan fingerprint density at radius 1 is 0.788 bits per heavy atom. The van der Waals surface area contributed by atoms with Crippen LogP contribution in [0.15, 0.2) is 72.4 Å². The lowest BCUT2D eigenvalue weighted by Gasteiger charge is -2.19. The number of carbonyl (C=O) groups is 1. The molecule has 0 aliphatic heterocycles. The maximum Gasteiger partial charge on any atom is 0.339 e. The lowest BCUT2D eigenvalue weighted by Crippen LogP contribution is -2.12. The average molecular weight is 451 g/mol. The summed E-state index contributed by atoms with van der Waals surface area (Å²) in [6.07, 6.45) is 27.3. The van der Waals surface area contributed by atoms with Gasteiger partial charge < -0.3 is 4.74 Å². The lowest BCUT2D eigenvalue weighted by atomic mass is 9.87. The number of unbranched alkanes of at least 4 members (excludes halogenated alkanes) is 8. The van der Waals surface area contributed by atoms with Crippen molar-refractivity contribution in [2.45, 2.75) is 104 Å². The predicted molar refractivity (Wildman–Crippen MR) is 144 cm³/mol. The Balaban J connectivity index is 2.18. The number of rotatable bonds is 15. The second-order valence-electron chi connectivity index (χ2n) is 9.79. The molecule has 0 radical (unpaired) electrons. The number of benzene rings is 1. The Kier molecular flexibility index (Phi) is 14.9. The SMILES string of the molecule is CCCCCC=CCCCCCCC=C/C=C\C=C(\C)C(=O)Oc1ccc(C(C)(C)C)cc1. The molecule has 2 nitrogen and oxygen atoms in total. The van der Waals surface area contributed by atoms with Crippen LogP contribution in [0.5, 0.6) is 5.75 Å². The highest BCUT2D eigenvalue weighted by Crippen LogP contribution is 2.24. The second-order valence-corrected chi connectivity index (χ2v) is 9.79. The molecule has 2 heteroatoms. The van der Waals surface area contributed by atoms with Gasteiger partial charge in [-0.2, -0.15) is 0 Å². The Morgan fingerprint density at radius 3 is 1.94 bits per heavy atom. The summed E-state index contributed by atoms with van der Waals surface area (Å²) in [4.78, 5) is 12.2. The van der Waals surface area contributed by atoms with Crippen LogP contribution < -0.4 is 4.74 Å². The molecule has 0 aromatic heterocycles. The van der Waals surface area contributed by atoms with Gasteiger partial charge in [-0.3, -0.25) is 0 Å². The Bertz CT molecular complexity index is 770. The molecule has 0 spiro atoms. The minimum Gasteiger partial charge on any atom is -0.423 e. The number of hydrogen-bond acceptors (Lipinski definition) is 2. The normalized spacial score (nSPS) is 12.9. The van der Waals surface area contributed by atoms with Gasteiger partial charge >= 0.3 is 5.97 Å². The number of ether oxygens (including phenoxy) is 1. The van der Waals surface area contributed by atoms with Crippen LogP contribution in [0.2, 0.25) is 0 Å². The first kappa shape index (κ1) is 28.7. The fraction of sp³-hybridized carbons (Fsp3) is 0.516. The van der Waals surface area contributed by atoms with Gasteiger partial charge in [0.15, 0.2) is 0 Å². The van der Waals surface area contributed by atoms with Crippen LogP contribution in [0, 0.1) is 0 Å². The molecule has 0 fully saturated rings. The molecule has 0 saturated carbocycles. The molecule has 1 rings (SSSR count). The average Bonchev–Trinajstić information content (AvgIpc) is 2.78. The third kappa shape index (κ3) is 14.4. The summed E-state index contributed by atoms with van der Waals surface area (Å²) in [5.74, 6) is 0.260. The summed E-state index contributed by atoms with van der Waals surface area (Å²) in [5.41, 5.74) is 1.88. The van der Waals surface area contributed by atoms with Crippen LogP contribution >= 0.6 is 0 Å². The number of carbonyl (C=O) groups excluding carboxylic acids is 1. The molecular formula is C31H46O2. The molecule has 0 aliphatic rings. The van der Waals surface area contributed by atoms with Gasteiger partial charge in [0.05, 0.1) is 0 Å². The molecule has 0 amide bonds. The zero-order valence-corrected chi connectivity index (χ0v) is 21.7. The van der Waals surface area contributed by atoms with Crippen molar-refractivity contribution in [3.63, 3.8) is 0 Å². The Morgan fingerprint density at radius 2 is 1.36 bits per heavy atom. The molecule has 0 bridgehead atoms. The van der Waals surface area contributed by atoms with Gasteiger partial charge in [-0.1, -0.05) is 108 Å². The van der Waals surface area contributed by atoms with E-state index in [1.807, 2.05) is 36.4 Å². The van der Waals surface area contributed by atoms with Crippen LogP contribution in [0.3, 0.4) is 0 Å². The number of esters is 1. The molecule has 0 saturated heterocycles. The Hall–Kier alpha value is -2.35. The first-order chi connectivity index (χ1) is 15.8. The fourth-order valence-corrected chi connectivity index (χ4v) is 3.34. The van der Waals surface area contributed by atoms with Crippen LogP contribution in [-0.4, -0.2) is 5.97 Å². The first-order valence-electron chi connectivity index (χ1n) is 12.8. The topological polar surface area (TPSA) is 26.3 Å². The summed E-state index contributed by atoms with van der Waals surface area (Å²) in [7, 11) is 0. The van der Waals surface area contributed by atoms with Crippen LogP contribution in [0.25, 0.3) is 0 Å². The van der Waals surface area contributed by atoms with Crippen molar-refractivity contribution in [2.75, 3.05) is 0 Å². The van der Waals surface area contributed by atoms with Crippen molar-refractivity contribution in [1.29, 1.82) is 0 Å². The monoisotopic (exact) mass is 450 g/mol. The lowest BCUT2D eigenvalue weighted by molar-refractivity contribution is -0.130. The quantitative estimate of drug-likeness (QED) is 0.0664. The highest BCUT2D eigenvalue weighted by atomic mass is 16.5. The molecule has 0 atom stereocenters. The minimum atomic E-state index is -0.317. The van der Waals surface area contributed by atoms with Crippen molar-refractivity contribution in [3.8, 4) is 5.75 Å². The molecule has 182 valence electrons. The third-order valence-electron chi connectivity index (χ3n) is 5.59. The summed E-state index contributed by atoms with van der Waals surface area (Å²) < 4.78 is 5.46. The van der Waals surface area contributed by atoms with E-state index in [0.29, 0.717) is 11.3 Å². The highest BCUT2D eigenvalue weighted by molar-refractivity contribution is 5.89. The van der Waals surface area contributed by atoms with E-state index < -0.39 is 0 Å². The van der Waals surface area contributed by atoms with E-state index in [1.54, 1.807) is 13.0 Å². The van der Waals surface area contributed by atoms with Gasteiger partial charge in [0.1, 0.15) is 5.75 Å². The van der Waals surface area contributed by atoms with Gasteiger partial charge in [-0.15, -0.1) is 0 Å². The smallest absolute Gasteiger partial charge is 0.339 e. The van der Waals surface area contributed by atoms with E-state index in [2.05, 4.69) is 52.0 Å². The van der Waals surface area contributed by atoms with E-state index in [-0.39, 0.29) is 11.4 Å². The van der Waals surface area contributed by atoms with Crippen molar-refractivity contribution >= 4 is 5.97 Å². The van der Waals surface area contributed by atoms with E-state index in [4.69, 9.17) is 4.74 Å². The maximum atomic E-state index is 12.2. The summed E-state index contributed by atoms with van der Waals surface area (Å²) >= 11 is 0. The zero-order chi connectivity index (χ0) is 24.4.